The number of aliphatic carboxylic acids is 1. The molecule has 7 heteroatoms. The molecule has 1 aromatic carbocycles. The van der Waals surface area contributed by atoms with Gasteiger partial charge in [0.25, 0.3) is 0 Å². The first-order chi connectivity index (χ1) is 9.54. The monoisotopic (exact) mass is 353 g/mol. The Balaban J connectivity index is 2.09. The van der Waals surface area contributed by atoms with E-state index in [1.54, 1.807) is 6.20 Å². The first-order valence-electron chi connectivity index (χ1n) is 5.75. The Hall–Kier alpha value is -1.60. The molecule has 2 rings (SSSR count). The van der Waals surface area contributed by atoms with E-state index in [2.05, 4.69) is 25.9 Å². The Morgan fingerprint density at radius 3 is 2.65 bits per heavy atom. The van der Waals surface area contributed by atoms with Crippen molar-refractivity contribution in [2.24, 2.45) is 0 Å². The van der Waals surface area contributed by atoms with Crippen LogP contribution in [-0.2, 0) is 11.2 Å². The largest absolute Gasteiger partial charge is 0.481 e. The summed E-state index contributed by atoms with van der Waals surface area (Å²) in [5.41, 5.74) is 7.82. The summed E-state index contributed by atoms with van der Waals surface area (Å²) in [6.07, 6.45) is 2.29. The van der Waals surface area contributed by atoms with Crippen LogP contribution in [0.15, 0.2) is 40.1 Å². The third-order valence-corrected chi connectivity index (χ3v) is 3.88. The smallest absolute Gasteiger partial charge is 0.313 e. The van der Waals surface area contributed by atoms with Crippen LogP contribution in [0.4, 0.5) is 5.82 Å². The van der Waals surface area contributed by atoms with Crippen LogP contribution in [0, 0.1) is 0 Å². The van der Waals surface area contributed by atoms with Crippen molar-refractivity contribution in [1.82, 2.24) is 9.97 Å². The number of benzene rings is 1. The van der Waals surface area contributed by atoms with Crippen LogP contribution in [0.5, 0.6) is 0 Å². The lowest BCUT2D eigenvalue weighted by atomic mass is 10.1. The summed E-state index contributed by atoms with van der Waals surface area (Å²) < 4.78 is 1.02. The number of hydrogen-bond acceptors (Lipinski definition) is 5. The minimum atomic E-state index is -0.906. The lowest BCUT2D eigenvalue weighted by Gasteiger charge is -2.06. The van der Waals surface area contributed by atoms with Crippen LogP contribution in [0.3, 0.4) is 0 Å². The van der Waals surface area contributed by atoms with Crippen molar-refractivity contribution in [1.29, 1.82) is 0 Å². The zero-order chi connectivity index (χ0) is 14.5. The lowest BCUT2D eigenvalue weighted by Crippen LogP contribution is -2.04. The number of nitrogen functional groups attached to an aromatic ring is 1. The van der Waals surface area contributed by atoms with E-state index in [0.717, 1.165) is 27.4 Å². The Labute approximate surface area is 128 Å². The van der Waals surface area contributed by atoms with Gasteiger partial charge in [-0.2, -0.15) is 0 Å². The van der Waals surface area contributed by atoms with Gasteiger partial charge in [-0.1, -0.05) is 39.8 Å². The zero-order valence-electron chi connectivity index (χ0n) is 10.4. The van der Waals surface area contributed by atoms with Crippen molar-refractivity contribution in [3.05, 3.63) is 46.1 Å². The predicted molar refractivity (Wildman–Crippen MR) is 81.8 cm³/mol. The second-order valence-corrected chi connectivity index (χ2v) is 5.91. The molecule has 1 heterocycles. The zero-order valence-corrected chi connectivity index (χ0v) is 12.8. The molecule has 0 unspecified atom stereocenters. The number of carboxylic acid groups (broad SMARTS) is 1. The SMILES string of the molecule is Nc1nc(SCC(=O)O)ncc1Cc1ccc(Br)cc1. The molecule has 0 fully saturated rings. The average molecular weight is 354 g/mol. The maximum atomic E-state index is 10.5. The lowest BCUT2D eigenvalue weighted by molar-refractivity contribution is -0.133. The highest BCUT2D eigenvalue weighted by Gasteiger charge is 2.07. The van der Waals surface area contributed by atoms with Gasteiger partial charge in [0, 0.05) is 22.7 Å². The quantitative estimate of drug-likeness (QED) is 0.634. The predicted octanol–water partition coefficient (Wildman–Crippen LogP) is 2.59. The molecule has 0 radical (unpaired) electrons. The second kappa shape index (κ2) is 6.71. The third-order valence-electron chi connectivity index (χ3n) is 2.51. The van der Waals surface area contributed by atoms with Gasteiger partial charge in [0.1, 0.15) is 5.82 Å². The molecular weight excluding hydrogens is 342 g/mol. The van der Waals surface area contributed by atoms with E-state index < -0.39 is 5.97 Å². The van der Waals surface area contributed by atoms with E-state index in [9.17, 15) is 4.79 Å². The fraction of sp³-hybridized carbons (Fsp3) is 0.154. The van der Waals surface area contributed by atoms with Gasteiger partial charge >= 0.3 is 5.97 Å². The summed E-state index contributed by atoms with van der Waals surface area (Å²) in [6.45, 7) is 0. The standard InChI is InChI=1S/C13H12BrN3O2S/c14-10-3-1-8(2-4-10)5-9-6-16-13(17-12(9)15)20-7-11(18)19/h1-4,6H,5,7H2,(H,18,19)(H2,15,16,17). The van der Waals surface area contributed by atoms with Crippen LogP contribution in [0.1, 0.15) is 11.1 Å². The molecule has 5 nitrogen and oxygen atoms in total. The first-order valence-corrected chi connectivity index (χ1v) is 7.53. The topological polar surface area (TPSA) is 89.1 Å². The minimum Gasteiger partial charge on any atom is -0.481 e. The maximum absolute atomic E-state index is 10.5. The number of rotatable bonds is 5. The van der Waals surface area contributed by atoms with Gasteiger partial charge in [0.05, 0.1) is 5.75 Å². The number of halogens is 1. The van der Waals surface area contributed by atoms with E-state index in [1.165, 1.54) is 0 Å². The molecule has 0 aliphatic rings. The highest BCUT2D eigenvalue weighted by Crippen LogP contribution is 2.19. The third kappa shape index (κ3) is 4.21. The molecule has 0 amide bonds. The average Bonchev–Trinajstić information content (AvgIpc) is 2.41. The molecule has 0 spiro atoms. The molecule has 0 saturated carbocycles. The van der Waals surface area contributed by atoms with Gasteiger partial charge in [-0.25, -0.2) is 9.97 Å². The van der Waals surface area contributed by atoms with E-state index in [4.69, 9.17) is 10.8 Å². The molecule has 2 aromatic rings. The van der Waals surface area contributed by atoms with E-state index in [0.29, 0.717) is 17.4 Å². The molecule has 0 saturated heterocycles. The molecule has 0 aliphatic carbocycles. The van der Waals surface area contributed by atoms with Crippen molar-refractivity contribution >= 4 is 39.5 Å². The van der Waals surface area contributed by atoms with E-state index in [1.807, 2.05) is 24.3 Å². The van der Waals surface area contributed by atoms with Crippen molar-refractivity contribution in [2.75, 3.05) is 11.5 Å². The first kappa shape index (κ1) is 14.8. The summed E-state index contributed by atoms with van der Waals surface area (Å²) in [4.78, 5) is 18.7. The molecule has 104 valence electrons. The highest BCUT2D eigenvalue weighted by atomic mass is 79.9. The summed E-state index contributed by atoms with van der Waals surface area (Å²) in [7, 11) is 0. The Morgan fingerprint density at radius 2 is 2.05 bits per heavy atom. The normalized spacial score (nSPS) is 10.4. The van der Waals surface area contributed by atoms with Crippen molar-refractivity contribution in [2.45, 2.75) is 11.6 Å². The number of nitrogens with zero attached hydrogens (tertiary/aromatic N) is 2. The summed E-state index contributed by atoms with van der Waals surface area (Å²) >= 11 is 4.44. The van der Waals surface area contributed by atoms with E-state index in [-0.39, 0.29) is 5.75 Å². The van der Waals surface area contributed by atoms with Crippen LogP contribution >= 0.6 is 27.7 Å². The van der Waals surface area contributed by atoms with Crippen LogP contribution < -0.4 is 5.73 Å². The fourth-order valence-corrected chi connectivity index (χ4v) is 2.36. The number of anilines is 1. The van der Waals surface area contributed by atoms with Crippen molar-refractivity contribution in [3.8, 4) is 0 Å². The summed E-state index contributed by atoms with van der Waals surface area (Å²) in [5, 5.41) is 8.98. The number of aromatic nitrogens is 2. The van der Waals surface area contributed by atoms with Gasteiger partial charge in [-0.05, 0) is 17.7 Å². The van der Waals surface area contributed by atoms with Crippen molar-refractivity contribution in [3.63, 3.8) is 0 Å². The summed E-state index contributed by atoms with van der Waals surface area (Å²) in [6, 6.07) is 7.92. The van der Waals surface area contributed by atoms with Gasteiger partial charge in [-0.15, -0.1) is 0 Å². The van der Waals surface area contributed by atoms with Gasteiger partial charge in [0.15, 0.2) is 5.16 Å². The number of thioether (sulfide) groups is 1. The molecule has 0 atom stereocenters. The molecule has 0 bridgehead atoms. The molecule has 0 aliphatic heterocycles. The Morgan fingerprint density at radius 1 is 1.35 bits per heavy atom. The number of carboxylic acids is 1. The van der Waals surface area contributed by atoms with Crippen molar-refractivity contribution < 1.29 is 9.90 Å². The molecule has 1 aromatic heterocycles. The van der Waals surface area contributed by atoms with E-state index >= 15 is 0 Å². The maximum Gasteiger partial charge on any atom is 0.313 e. The van der Waals surface area contributed by atoms with Gasteiger partial charge in [0.2, 0.25) is 0 Å². The minimum absolute atomic E-state index is 0.0779. The number of hydrogen-bond donors (Lipinski definition) is 2. The molecule has 3 N–H and O–H groups in total. The Kier molecular flexibility index (Phi) is 4.97. The van der Waals surface area contributed by atoms with Crippen LogP contribution in [0.2, 0.25) is 0 Å². The molecule has 20 heavy (non-hydrogen) atoms. The highest BCUT2D eigenvalue weighted by molar-refractivity contribution is 9.10. The Bertz CT molecular complexity index is 620. The van der Waals surface area contributed by atoms with Gasteiger partial charge in [-0.3, -0.25) is 4.79 Å². The van der Waals surface area contributed by atoms with Crippen LogP contribution in [0.25, 0.3) is 0 Å². The fourth-order valence-electron chi connectivity index (χ4n) is 1.56. The summed E-state index contributed by atoms with van der Waals surface area (Å²) in [5.74, 6) is -0.599. The molecular formula is C13H12BrN3O2S. The number of carbonyl (C=O) groups is 1. The second-order valence-electron chi connectivity index (χ2n) is 4.05. The van der Waals surface area contributed by atoms with Gasteiger partial charge < -0.3 is 10.8 Å². The van der Waals surface area contributed by atoms with Crippen LogP contribution in [-0.4, -0.2) is 26.8 Å². The number of nitrogens with two attached hydrogens (primary N) is 1.